The van der Waals surface area contributed by atoms with E-state index in [9.17, 15) is 19.4 Å². The minimum Gasteiger partial charge on any atom is -0.756 e. The molecule has 0 heterocycles. The molecule has 0 fully saturated rings. The van der Waals surface area contributed by atoms with E-state index >= 15 is 0 Å². The molecule has 0 bridgehead atoms. The van der Waals surface area contributed by atoms with E-state index in [0.29, 0.717) is 17.4 Å². The van der Waals surface area contributed by atoms with Gasteiger partial charge in [-0.2, -0.15) is 0 Å². The standard InChI is InChI=1S/C68H131N2O6P/c1-6-8-10-12-14-16-18-20-22-24-26-28-30-32-34-35-36-38-40-42-44-46-48-50-52-54-56-58-60-62-68(72)69-66(65-76-77(73,74)75-64-63-70(3,4)5)67(71)61-59-57-55-53-51-49-47-45-43-41-39-37-33-31-29-27-25-23-21-19-17-15-13-11-9-7-2/h24,26,43,45,51,53,59,61,66-67,71H,6-23,25,27-42,44,46-50,52,54-58,60,62-65H2,1-5H3,(H-,69,72,73,74)/b26-24-,45-43+,53-51+,61-59+. The van der Waals surface area contributed by atoms with Crippen molar-refractivity contribution in [1.82, 2.24) is 5.32 Å². The number of allylic oxidation sites excluding steroid dienone is 7. The van der Waals surface area contributed by atoms with Crippen LogP contribution in [0.25, 0.3) is 0 Å². The summed E-state index contributed by atoms with van der Waals surface area (Å²) < 4.78 is 23.4. The van der Waals surface area contributed by atoms with Crippen LogP contribution >= 0.6 is 7.82 Å². The number of aliphatic hydroxyl groups is 1. The lowest BCUT2D eigenvalue weighted by atomic mass is 10.0. The lowest BCUT2D eigenvalue weighted by Crippen LogP contribution is -2.45. The molecular weight excluding hydrogens is 972 g/mol. The molecular formula is C68H131N2O6P. The second kappa shape index (κ2) is 59.1. The molecule has 0 aromatic heterocycles. The average molecular weight is 1100 g/mol. The Morgan fingerprint density at radius 3 is 1.05 bits per heavy atom. The lowest BCUT2D eigenvalue weighted by Gasteiger charge is -2.29. The Labute approximate surface area is 479 Å². The third-order valence-corrected chi connectivity index (χ3v) is 16.2. The number of likely N-dealkylation sites (N-methyl/N-ethyl adjacent to an activating group) is 1. The summed E-state index contributed by atoms with van der Waals surface area (Å²) >= 11 is 0. The molecule has 0 aliphatic carbocycles. The topological polar surface area (TPSA) is 108 Å². The summed E-state index contributed by atoms with van der Waals surface area (Å²) in [6.07, 6.45) is 79.4. The molecule has 454 valence electrons. The van der Waals surface area contributed by atoms with Crippen molar-refractivity contribution < 1.29 is 32.9 Å². The van der Waals surface area contributed by atoms with Gasteiger partial charge in [-0.3, -0.25) is 9.36 Å². The van der Waals surface area contributed by atoms with Crippen molar-refractivity contribution in [2.75, 3.05) is 40.9 Å². The van der Waals surface area contributed by atoms with Crippen LogP contribution in [0.4, 0.5) is 0 Å². The third-order valence-electron chi connectivity index (χ3n) is 15.2. The Bertz CT molecular complexity index is 1390. The number of rotatable bonds is 62. The van der Waals surface area contributed by atoms with E-state index in [2.05, 4.69) is 55.6 Å². The summed E-state index contributed by atoms with van der Waals surface area (Å²) in [6.45, 7) is 4.67. The van der Waals surface area contributed by atoms with Crippen molar-refractivity contribution in [3.63, 3.8) is 0 Å². The van der Waals surface area contributed by atoms with Gasteiger partial charge in [0.15, 0.2) is 0 Å². The first-order valence-corrected chi connectivity index (χ1v) is 35.0. The van der Waals surface area contributed by atoms with Crippen LogP contribution in [0.1, 0.15) is 328 Å². The fourth-order valence-electron chi connectivity index (χ4n) is 10.0. The lowest BCUT2D eigenvalue weighted by molar-refractivity contribution is -0.870. The zero-order valence-corrected chi connectivity index (χ0v) is 52.8. The SMILES string of the molecule is CCCCCCCCCC/C=C\CCCCCCCCCCCCCCCCCCCC(=O)NC(COP(=O)([O-])OCC[N+](C)(C)C)C(O)/C=C/CC/C=C/CC/C=C/CCCCCCCCCCCCCCCCCC. The van der Waals surface area contributed by atoms with Crippen LogP contribution in [0, 0.1) is 0 Å². The summed E-state index contributed by atoms with van der Waals surface area (Å²) in [5, 5.41) is 13.9. The zero-order valence-electron chi connectivity index (χ0n) is 51.9. The Hall–Kier alpha value is -1.54. The van der Waals surface area contributed by atoms with Gasteiger partial charge in [-0.05, 0) is 70.6 Å². The number of carbonyl (C=O) groups is 1. The number of nitrogens with one attached hydrogen (secondary N) is 1. The molecule has 0 saturated carbocycles. The van der Waals surface area contributed by atoms with Gasteiger partial charge in [0.2, 0.25) is 5.91 Å². The van der Waals surface area contributed by atoms with Crippen molar-refractivity contribution in [2.45, 2.75) is 341 Å². The van der Waals surface area contributed by atoms with Gasteiger partial charge in [-0.15, -0.1) is 0 Å². The highest BCUT2D eigenvalue weighted by molar-refractivity contribution is 7.45. The summed E-state index contributed by atoms with van der Waals surface area (Å²) in [5.41, 5.74) is 0. The second-order valence-corrected chi connectivity index (χ2v) is 25.6. The van der Waals surface area contributed by atoms with Crippen LogP contribution in [-0.4, -0.2) is 68.5 Å². The van der Waals surface area contributed by atoms with Gasteiger partial charge < -0.3 is 28.8 Å². The fraction of sp³-hybridized carbons (Fsp3) is 0.868. The number of phosphoric ester groups is 1. The number of unbranched alkanes of at least 4 members (excludes halogenated alkanes) is 43. The molecule has 77 heavy (non-hydrogen) atoms. The largest absolute Gasteiger partial charge is 0.756 e. The molecule has 0 saturated heterocycles. The first-order valence-electron chi connectivity index (χ1n) is 33.5. The van der Waals surface area contributed by atoms with Crippen molar-refractivity contribution >= 4 is 13.7 Å². The van der Waals surface area contributed by atoms with E-state index < -0.39 is 26.6 Å². The highest BCUT2D eigenvalue weighted by Crippen LogP contribution is 2.38. The summed E-state index contributed by atoms with van der Waals surface area (Å²) in [6, 6.07) is -0.911. The van der Waals surface area contributed by atoms with Crippen LogP contribution in [0.5, 0.6) is 0 Å². The second-order valence-electron chi connectivity index (χ2n) is 24.2. The Morgan fingerprint density at radius 1 is 0.442 bits per heavy atom. The smallest absolute Gasteiger partial charge is 0.268 e. The predicted octanol–water partition coefficient (Wildman–Crippen LogP) is 20.4. The van der Waals surface area contributed by atoms with E-state index in [0.717, 1.165) is 44.9 Å². The highest BCUT2D eigenvalue weighted by atomic mass is 31.2. The summed E-state index contributed by atoms with van der Waals surface area (Å²) in [5.74, 6) is -0.206. The van der Waals surface area contributed by atoms with E-state index in [-0.39, 0.29) is 12.5 Å². The molecule has 0 spiro atoms. The quantitative estimate of drug-likeness (QED) is 0.0272. The van der Waals surface area contributed by atoms with E-state index in [1.54, 1.807) is 6.08 Å². The van der Waals surface area contributed by atoms with E-state index in [4.69, 9.17) is 9.05 Å². The highest BCUT2D eigenvalue weighted by Gasteiger charge is 2.23. The van der Waals surface area contributed by atoms with Crippen LogP contribution in [0.15, 0.2) is 48.6 Å². The number of quaternary nitrogens is 1. The minimum absolute atomic E-state index is 0.00835. The maximum absolute atomic E-state index is 13.0. The molecule has 2 N–H and O–H groups in total. The first kappa shape index (κ1) is 75.5. The van der Waals surface area contributed by atoms with Gasteiger partial charge in [-0.1, -0.05) is 300 Å². The van der Waals surface area contributed by atoms with Crippen molar-refractivity contribution in [3.8, 4) is 0 Å². The molecule has 1 amide bonds. The van der Waals surface area contributed by atoms with Gasteiger partial charge in [-0.25, -0.2) is 0 Å². The van der Waals surface area contributed by atoms with Crippen LogP contribution in [0.2, 0.25) is 0 Å². The Morgan fingerprint density at radius 2 is 0.727 bits per heavy atom. The molecule has 9 heteroatoms. The first-order chi connectivity index (χ1) is 37.5. The molecule has 0 aliphatic rings. The molecule has 0 radical (unpaired) electrons. The fourth-order valence-corrected chi connectivity index (χ4v) is 10.7. The molecule has 0 aromatic rings. The number of hydrogen-bond donors (Lipinski definition) is 2. The number of nitrogens with zero attached hydrogens (tertiary/aromatic N) is 1. The normalized spacial score (nSPS) is 14.0. The van der Waals surface area contributed by atoms with Crippen molar-refractivity contribution in [3.05, 3.63) is 48.6 Å². The van der Waals surface area contributed by atoms with Gasteiger partial charge in [0.1, 0.15) is 13.2 Å². The number of aliphatic hydroxyl groups excluding tert-OH is 1. The van der Waals surface area contributed by atoms with E-state index in [1.807, 2.05) is 27.2 Å². The van der Waals surface area contributed by atoms with Crippen LogP contribution < -0.4 is 10.2 Å². The van der Waals surface area contributed by atoms with Crippen LogP contribution in [-0.2, 0) is 18.4 Å². The van der Waals surface area contributed by atoms with Gasteiger partial charge in [0.05, 0.1) is 39.9 Å². The van der Waals surface area contributed by atoms with E-state index in [1.165, 1.54) is 263 Å². The Balaban J connectivity index is 4.14. The van der Waals surface area contributed by atoms with Gasteiger partial charge >= 0.3 is 0 Å². The molecule has 0 rings (SSSR count). The number of phosphoric acid groups is 1. The third kappa shape index (κ3) is 61.9. The zero-order chi connectivity index (χ0) is 56.3. The summed E-state index contributed by atoms with van der Waals surface area (Å²) in [4.78, 5) is 25.6. The number of carbonyl (C=O) groups excluding carboxylic acids is 1. The maximum Gasteiger partial charge on any atom is 0.268 e. The average Bonchev–Trinajstić information content (AvgIpc) is 3.39. The van der Waals surface area contributed by atoms with Crippen LogP contribution in [0.3, 0.4) is 0 Å². The Kier molecular flexibility index (Phi) is 57.9. The molecule has 3 unspecified atom stereocenters. The number of amides is 1. The minimum atomic E-state index is -4.61. The van der Waals surface area contributed by atoms with Crippen molar-refractivity contribution in [2.24, 2.45) is 0 Å². The molecule has 3 atom stereocenters. The van der Waals surface area contributed by atoms with Crippen molar-refractivity contribution in [1.29, 1.82) is 0 Å². The molecule has 0 aromatic carbocycles. The summed E-state index contributed by atoms with van der Waals surface area (Å²) in [7, 11) is 1.25. The number of hydrogen-bond acceptors (Lipinski definition) is 6. The van der Waals surface area contributed by atoms with Gasteiger partial charge in [0.25, 0.3) is 7.82 Å². The predicted molar refractivity (Wildman–Crippen MR) is 334 cm³/mol. The molecule has 0 aliphatic heterocycles. The monoisotopic (exact) mass is 1100 g/mol. The maximum atomic E-state index is 13.0. The molecule has 8 nitrogen and oxygen atoms in total. The van der Waals surface area contributed by atoms with Gasteiger partial charge in [0, 0.05) is 6.42 Å².